The van der Waals surface area contributed by atoms with Crippen molar-refractivity contribution in [2.45, 2.75) is 19.2 Å². The maximum atomic E-state index is 12.4. The number of aliphatic hydroxyl groups excluding tert-OH is 1. The Kier molecular flexibility index (Phi) is 6.90. The fraction of sp³-hybridized carbons (Fsp3) is 0.412. The van der Waals surface area contributed by atoms with Gasteiger partial charge in [0.1, 0.15) is 19.4 Å². The zero-order valence-electron chi connectivity index (χ0n) is 14.1. The first-order valence-electron chi connectivity index (χ1n) is 7.79. The van der Waals surface area contributed by atoms with Gasteiger partial charge >= 0.3 is 6.18 Å². The maximum absolute atomic E-state index is 12.4. The third kappa shape index (κ3) is 5.94. The van der Waals surface area contributed by atoms with Gasteiger partial charge in [-0.15, -0.1) is 0 Å². The second-order valence-corrected chi connectivity index (χ2v) is 6.04. The van der Waals surface area contributed by atoms with Crippen molar-refractivity contribution in [1.82, 2.24) is 15.2 Å². The van der Waals surface area contributed by atoms with Crippen LogP contribution in [-0.4, -0.2) is 46.4 Å². The highest BCUT2D eigenvalue weighted by atomic mass is 19.4. The van der Waals surface area contributed by atoms with Gasteiger partial charge in [0.2, 0.25) is 0 Å². The molecule has 3 rings (SSSR count). The molecule has 0 aliphatic carbocycles. The fourth-order valence-electron chi connectivity index (χ4n) is 2.21. The van der Waals surface area contributed by atoms with E-state index >= 15 is 0 Å². The highest BCUT2D eigenvalue weighted by Gasteiger charge is 2.35. The SMILES string of the molecule is CC1(C(O)C=Cc2ccc(C(F)(F)F)cc2)COCOC1.c1nc[nH]n1. The molecule has 0 radical (unpaired) electrons. The number of halogens is 3. The quantitative estimate of drug-likeness (QED) is 0.867. The van der Waals surface area contributed by atoms with Crippen molar-refractivity contribution >= 4 is 6.08 Å². The first-order chi connectivity index (χ1) is 12.3. The van der Waals surface area contributed by atoms with Crippen molar-refractivity contribution in [3.05, 3.63) is 54.1 Å². The zero-order valence-corrected chi connectivity index (χ0v) is 14.1. The molecule has 26 heavy (non-hydrogen) atoms. The number of benzene rings is 1. The Morgan fingerprint density at radius 2 is 1.88 bits per heavy atom. The molecule has 0 amide bonds. The van der Waals surface area contributed by atoms with Gasteiger partial charge in [-0.05, 0) is 17.7 Å². The molecule has 2 heterocycles. The molecule has 1 aromatic heterocycles. The van der Waals surface area contributed by atoms with Crippen LogP contribution in [0.5, 0.6) is 0 Å². The Morgan fingerprint density at radius 1 is 1.23 bits per heavy atom. The van der Waals surface area contributed by atoms with Crippen LogP contribution in [0.25, 0.3) is 6.08 Å². The van der Waals surface area contributed by atoms with Crippen LogP contribution in [-0.2, 0) is 15.7 Å². The van der Waals surface area contributed by atoms with Crippen molar-refractivity contribution in [2.24, 2.45) is 5.41 Å². The normalized spacial score (nSPS) is 18.2. The molecule has 1 saturated heterocycles. The number of nitrogens with zero attached hydrogens (tertiary/aromatic N) is 2. The van der Waals surface area contributed by atoms with E-state index in [1.165, 1.54) is 24.8 Å². The largest absolute Gasteiger partial charge is 0.416 e. The lowest BCUT2D eigenvalue weighted by Crippen LogP contribution is -2.43. The number of H-pyrrole nitrogens is 1. The minimum Gasteiger partial charge on any atom is -0.388 e. The molecular formula is C17H20F3N3O3. The van der Waals surface area contributed by atoms with E-state index in [1.807, 2.05) is 6.92 Å². The highest BCUT2D eigenvalue weighted by molar-refractivity contribution is 5.50. The molecule has 142 valence electrons. The summed E-state index contributed by atoms with van der Waals surface area (Å²) in [6, 6.07) is 4.76. The van der Waals surface area contributed by atoms with E-state index < -0.39 is 23.3 Å². The first-order valence-corrected chi connectivity index (χ1v) is 7.79. The van der Waals surface area contributed by atoms with E-state index in [0.29, 0.717) is 18.8 Å². The molecule has 6 nitrogen and oxygen atoms in total. The van der Waals surface area contributed by atoms with Gasteiger partial charge in [-0.3, -0.25) is 5.10 Å². The van der Waals surface area contributed by atoms with E-state index in [0.717, 1.165) is 12.1 Å². The summed E-state index contributed by atoms with van der Waals surface area (Å²) in [6.07, 6.45) is 0.942. The van der Waals surface area contributed by atoms with Crippen molar-refractivity contribution in [2.75, 3.05) is 20.0 Å². The van der Waals surface area contributed by atoms with Gasteiger partial charge in [0.05, 0.1) is 24.9 Å². The standard InChI is InChI=1S/C15H17F3O3.C2H3N3/c1-14(8-20-10-21-9-14)13(19)7-4-11-2-5-12(6-3-11)15(16,17)18;1-3-2-5-4-1/h2-7,13,19H,8-10H2,1H3;1-2H,(H,3,4,5). The molecule has 0 saturated carbocycles. The molecule has 1 aromatic carbocycles. The third-order valence-corrected chi connectivity index (χ3v) is 3.78. The van der Waals surface area contributed by atoms with Gasteiger partial charge in [-0.2, -0.15) is 18.3 Å². The third-order valence-electron chi connectivity index (χ3n) is 3.78. The van der Waals surface area contributed by atoms with Crippen molar-refractivity contribution in [3.8, 4) is 0 Å². The van der Waals surface area contributed by atoms with Crippen LogP contribution in [0.15, 0.2) is 43.0 Å². The summed E-state index contributed by atoms with van der Waals surface area (Å²) in [6.45, 7) is 2.77. The summed E-state index contributed by atoms with van der Waals surface area (Å²) in [5.74, 6) is 0. The van der Waals surface area contributed by atoms with Crippen LogP contribution < -0.4 is 0 Å². The van der Waals surface area contributed by atoms with Crippen LogP contribution in [0.1, 0.15) is 18.1 Å². The zero-order chi connectivity index (χ0) is 19.0. The van der Waals surface area contributed by atoms with Crippen molar-refractivity contribution in [3.63, 3.8) is 0 Å². The average Bonchev–Trinajstić information content (AvgIpc) is 3.20. The van der Waals surface area contributed by atoms with Gasteiger partial charge in [-0.25, -0.2) is 4.98 Å². The molecule has 1 unspecified atom stereocenters. The average molecular weight is 371 g/mol. The monoisotopic (exact) mass is 371 g/mol. The van der Waals surface area contributed by atoms with Crippen LogP contribution >= 0.6 is 0 Å². The number of aromatic nitrogens is 3. The second kappa shape index (κ2) is 8.93. The molecule has 2 N–H and O–H groups in total. The van der Waals surface area contributed by atoms with E-state index in [2.05, 4.69) is 15.2 Å². The van der Waals surface area contributed by atoms with Gasteiger partial charge in [-0.1, -0.05) is 31.2 Å². The minimum atomic E-state index is -4.34. The number of nitrogens with one attached hydrogen (secondary N) is 1. The molecule has 1 fully saturated rings. The van der Waals surface area contributed by atoms with Crippen LogP contribution in [0.2, 0.25) is 0 Å². The number of hydrogen-bond donors (Lipinski definition) is 2. The van der Waals surface area contributed by atoms with Crippen LogP contribution in [0, 0.1) is 5.41 Å². The predicted octanol–water partition coefficient (Wildman–Crippen LogP) is 2.89. The van der Waals surface area contributed by atoms with Gasteiger partial charge in [0, 0.05) is 5.41 Å². The summed E-state index contributed by atoms with van der Waals surface area (Å²) < 4.78 is 47.7. The molecule has 0 bridgehead atoms. The number of rotatable bonds is 3. The smallest absolute Gasteiger partial charge is 0.388 e. The van der Waals surface area contributed by atoms with Crippen molar-refractivity contribution in [1.29, 1.82) is 0 Å². The summed E-state index contributed by atoms with van der Waals surface area (Å²) in [5.41, 5.74) is -0.662. The van der Waals surface area contributed by atoms with Gasteiger partial charge in [0.25, 0.3) is 0 Å². The number of aromatic amines is 1. The van der Waals surface area contributed by atoms with Crippen molar-refractivity contribution < 1.29 is 27.8 Å². The van der Waals surface area contributed by atoms with E-state index in [4.69, 9.17) is 9.47 Å². The van der Waals surface area contributed by atoms with E-state index in [9.17, 15) is 18.3 Å². The predicted molar refractivity (Wildman–Crippen MR) is 87.7 cm³/mol. The Balaban J connectivity index is 0.000000417. The molecule has 1 atom stereocenters. The Hall–Kier alpha value is -2.23. The second-order valence-electron chi connectivity index (χ2n) is 6.04. The molecular weight excluding hydrogens is 351 g/mol. The van der Waals surface area contributed by atoms with Gasteiger partial charge < -0.3 is 14.6 Å². The summed E-state index contributed by atoms with van der Waals surface area (Å²) in [7, 11) is 0. The fourth-order valence-corrected chi connectivity index (χ4v) is 2.21. The highest BCUT2D eigenvalue weighted by Crippen LogP contribution is 2.30. The first kappa shape index (κ1) is 20.1. The number of alkyl halides is 3. The van der Waals surface area contributed by atoms with Crippen LogP contribution in [0.4, 0.5) is 13.2 Å². The summed E-state index contributed by atoms with van der Waals surface area (Å²) >= 11 is 0. The lowest BCUT2D eigenvalue weighted by molar-refractivity contribution is -0.181. The van der Waals surface area contributed by atoms with E-state index in [1.54, 1.807) is 12.2 Å². The Labute approximate surface area is 148 Å². The molecule has 2 aromatic rings. The van der Waals surface area contributed by atoms with Gasteiger partial charge in [0.15, 0.2) is 0 Å². The Morgan fingerprint density at radius 3 is 2.35 bits per heavy atom. The van der Waals surface area contributed by atoms with Crippen LogP contribution in [0.3, 0.4) is 0 Å². The summed E-state index contributed by atoms with van der Waals surface area (Å²) in [5, 5.41) is 16.1. The Bertz CT molecular complexity index is 650. The molecule has 0 spiro atoms. The molecule has 1 aliphatic rings. The number of aliphatic hydroxyl groups is 1. The summed E-state index contributed by atoms with van der Waals surface area (Å²) in [4.78, 5) is 3.56. The minimum absolute atomic E-state index is 0.213. The maximum Gasteiger partial charge on any atom is 0.416 e. The number of ether oxygens (including phenoxy) is 2. The molecule has 9 heteroatoms. The number of hydrogen-bond acceptors (Lipinski definition) is 5. The lowest BCUT2D eigenvalue weighted by Gasteiger charge is -2.35. The molecule has 1 aliphatic heterocycles. The van der Waals surface area contributed by atoms with E-state index in [-0.39, 0.29) is 6.79 Å². The topological polar surface area (TPSA) is 80.3 Å². The lowest BCUT2D eigenvalue weighted by atomic mass is 9.85.